The molecule has 0 saturated heterocycles. The summed E-state index contributed by atoms with van der Waals surface area (Å²) < 4.78 is 0.426. The molecule has 1 aliphatic carbocycles. The molecule has 1 aromatic rings. The fourth-order valence-electron chi connectivity index (χ4n) is 4.89. The van der Waals surface area contributed by atoms with Crippen LogP contribution in [0.1, 0.15) is 69.4 Å². The number of aliphatic hydroxyl groups excluding tert-OH is 1. The van der Waals surface area contributed by atoms with Gasteiger partial charge in [-0.3, -0.25) is 4.79 Å². The van der Waals surface area contributed by atoms with Gasteiger partial charge in [0.05, 0.1) is 10.2 Å². The molecular weight excluding hydrogens is 434 g/mol. The molecule has 5 nitrogen and oxygen atoms in total. The standard InChI is InChI=1S/C23H30BrNO4/c1-12(2)16-6-5-13(3)11-17(16)19-22(28)18-15(8-10-26)7-9-25(14(4)27)21(18)20(24)23(19)29/h11,15-17,26,28-29H,1,5-10H2,2-4H3/t15-,16-,17+/m0/s1. The van der Waals surface area contributed by atoms with Gasteiger partial charge in [0.15, 0.2) is 0 Å². The molecule has 0 spiro atoms. The molecule has 0 fully saturated rings. The number of carbonyl (C=O) groups is 1. The van der Waals surface area contributed by atoms with Crippen LogP contribution in [-0.2, 0) is 4.79 Å². The molecule has 1 aromatic carbocycles. The molecule has 0 aromatic heterocycles. The van der Waals surface area contributed by atoms with Crippen LogP contribution in [0.25, 0.3) is 0 Å². The van der Waals surface area contributed by atoms with Gasteiger partial charge in [0.2, 0.25) is 5.91 Å². The van der Waals surface area contributed by atoms with Crippen LogP contribution in [0.2, 0.25) is 0 Å². The van der Waals surface area contributed by atoms with Crippen molar-refractivity contribution >= 4 is 27.5 Å². The average molecular weight is 464 g/mol. The Morgan fingerprint density at radius 1 is 1.24 bits per heavy atom. The van der Waals surface area contributed by atoms with Gasteiger partial charge in [0, 0.05) is 37.1 Å². The summed E-state index contributed by atoms with van der Waals surface area (Å²) in [6.45, 7) is 10.2. The predicted octanol–water partition coefficient (Wildman–Crippen LogP) is 5.10. The highest BCUT2D eigenvalue weighted by molar-refractivity contribution is 9.10. The quantitative estimate of drug-likeness (QED) is 0.542. The second-order valence-electron chi connectivity index (χ2n) is 8.39. The Balaban J connectivity index is 2.29. The Morgan fingerprint density at radius 3 is 2.52 bits per heavy atom. The molecule has 1 amide bonds. The van der Waals surface area contributed by atoms with Crippen molar-refractivity contribution in [1.29, 1.82) is 0 Å². The summed E-state index contributed by atoms with van der Waals surface area (Å²) in [5.41, 5.74) is 3.87. The molecule has 6 heteroatoms. The van der Waals surface area contributed by atoms with Gasteiger partial charge >= 0.3 is 0 Å². The number of hydrogen-bond donors (Lipinski definition) is 3. The lowest BCUT2D eigenvalue weighted by molar-refractivity contribution is -0.116. The van der Waals surface area contributed by atoms with E-state index in [2.05, 4.69) is 35.5 Å². The number of benzene rings is 1. The Hall–Kier alpha value is -1.79. The second kappa shape index (κ2) is 8.52. The highest BCUT2D eigenvalue weighted by Crippen LogP contribution is 2.56. The van der Waals surface area contributed by atoms with Crippen molar-refractivity contribution in [2.45, 2.75) is 58.3 Å². The summed E-state index contributed by atoms with van der Waals surface area (Å²) >= 11 is 3.52. The van der Waals surface area contributed by atoms with Crippen LogP contribution in [0.15, 0.2) is 28.3 Å². The maximum Gasteiger partial charge on any atom is 0.223 e. The Morgan fingerprint density at radius 2 is 1.93 bits per heavy atom. The van der Waals surface area contributed by atoms with Crippen LogP contribution in [0.5, 0.6) is 11.5 Å². The van der Waals surface area contributed by atoms with Gasteiger partial charge in [-0.05, 0) is 67.3 Å². The van der Waals surface area contributed by atoms with Crippen LogP contribution in [-0.4, -0.2) is 34.4 Å². The number of anilines is 1. The van der Waals surface area contributed by atoms with Crippen LogP contribution in [0.4, 0.5) is 5.69 Å². The monoisotopic (exact) mass is 463 g/mol. The van der Waals surface area contributed by atoms with E-state index in [1.807, 2.05) is 6.92 Å². The van der Waals surface area contributed by atoms with Crippen LogP contribution >= 0.6 is 15.9 Å². The van der Waals surface area contributed by atoms with Gasteiger partial charge in [-0.1, -0.05) is 23.8 Å². The molecule has 3 rings (SSSR count). The van der Waals surface area contributed by atoms with Crippen molar-refractivity contribution in [3.8, 4) is 11.5 Å². The van der Waals surface area contributed by atoms with Crippen LogP contribution in [0.3, 0.4) is 0 Å². The number of aliphatic hydroxyl groups is 1. The largest absolute Gasteiger partial charge is 0.507 e. The number of allylic oxidation sites excluding steroid dienone is 3. The summed E-state index contributed by atoms with van der Waals surface area (Å²) in [6, 6.07) is 0. The first-order valence-corrected chi connectivity index (χ1v) is 11.0. The van der Waals surface area contributed by atoms with Gasteiger partial charge < -0.3 is 20.2 Å². The van der Waals surface area contributed by atoms with Crippen molar-refractivity contribution in [3.05, 3.63) is 39.4 Å². The zero-order chi connectivity index (χ0) is 21.5. The number of nitrogens with zero attached hydrogens (tertiary/aromatic N) is 1. The highest BCUT2D eigenvalue weighted by Gasteiger charge is 2.38. The molecule has 0 unspecified atom stereocenters. The third-order valence-corrected chi connectivity index (χ3v) is 7.14. The fraction of sp³-hybridized carbons (Fsp3) is 0.522. The second-order valence-corrected chi connectivity index (χ2v) is 9.18. The maximum atomic E-state index is 12.2. The van der Waals surface area contributed by atoms with Gasteiger partial charge in [-0.2, -0.15) is 0 Å². The molecule has 1 heterocycles. The first-order chi connectivity index (χ1) is 13.7. The number of hydrogen-bond acceptors (Lipinski definition) is 4. The van der Waals surface area contributed by atoms with Gasteiger partial charge in [-0.15, -0.1) is 0 Å². The maximum absolute atomic E-state index is 12.2. The summed E-state index contributed by atoms with van der Waals surface area (Å²) in [7, 11) is 0. The van der Waals surface area contributed by atoms with E-state index in [0.717, 1.165) is 18.4 Å². The van der Waals surface area contributed by atoms with Crippen molar-refractivity contribution in [3.63, 3.8) is 0 Å². The summed E-state index contributed by atoms with van der Waals surface area (Å²) in [5.74, 6) is -0.298. The molecule has 0 saturated carbocycles. The average Bonchev–Trinajstić information content (AvgIpc) is 2.66. The summed E-state index contributed by atoms with van der Waals surface area (Å²) in [5, 5.41) is 32.1. The van der Waals surface area contributed by atoms with Crippen molar-refractivity contribution in [2.75, 3.05) is 18.1 Å². The van der Waals surface area contributed by atoms with Crippen molar-refractivity contribution < 1.29 is 20.1 Å². The van der Waals surface area contributed by atoms with E-state index in [1.165, 1.54) is 12.5 Å². The van der Waals surface area contributed by atoms with E-state index >= 15 is 0 Å². The lowest BCUT2D eigenvalue weighted by Gasteiger charge is -2.38. The third kappa shape index (κ3) is 3.84. The molecule has 3 N–H and O–H groups in total. The van der Waals surface area contributed by atoms with Crippen molar-refractivity contribution in [2.24, 2.45) is 5.92 Å². The van der Waals surface area contributed by atoms with E-state index in [-0.39, 0.29) is 41.8 Å². The molecule has 3 atom stereocenters. The van der Waals surface area contributed by atoms with Gasteiger partial charge in [0.25, 0.3) is 0 Å². The number of aromatic hydroxyl groups is 2. The lowest BCUT2D eigenvalue weighted by atomic mass is 9.72. The minimum absolute atomic E-state index is 0.00568. The molecule has 158 valence electrons. The predicted molar refractivity (Wildman–Crippen MR) is 119 cm³/mol. The molecule has 2 aliphatic rings. The van der Waals surface area contributed by atoms with Gasteiger partial charge in [-0.25, -0.2) is 0 Å². The van der Waals surface area contributed by atoms with E-state index in [4.69, 9.17) is 0 Å². The molecule has 0 bridgehead atoms. The minimum atomic E-state index is -0.190. The highest BCUT2D eigenvalue weighted by atomic mass is 79.9. The minimum Gasteiger partial charge on any atom is -0.507 e. The number of halogens is 1. The van der Waals surface area contributed by atoms with Crippen LogP contribution in [0, 0.1) is 5.92 Å². The first kappa shape index (κ1) is 21.9. The zero-order valence-electron chi connectivity index (χ0n) is 17.3. The lowest BCUT2D eigenvalue weighted by Crippen LogP contribution is -2.36. The topological polar surface area (TPSA) is 81.0 Å². The van der Waals surface area contributed by atoms with Gasteiger partial charge in [0.1, 0.15) is 11.5 Å². The number of carbonyl (C=O) groups excluding carboxylic acids is 1. The Bertz CT molecular complexity index is 876. The molecule has 29 heavy (non-hydrogen) atoms. The number of rotatable bonds is 4. The van der Waals surface area contributed by atoms with E-state index < -0.39 is 0 Å². The first-order valence-electron chi connectivity index (χ1n) is 10.2. The van der Waals surface area contributed by atoms with E-state index in [9.17, 15) is 20.1 Å². The van der Waals surface area contributed by atoms with Crippen molar-refractivity contribution in [1.82, 2.24) is 0 Å². The molecule has 1 aliphatic heterocycles. The fourth-order valence-corrected chi connectivity index (χ4v) is 5.53. The smallest absolute Gasteiger partial charge is 0.223 e. The third-order valence-electron chi connectivity index (χ3n) is 6.39. The number of fused-ring (bicyclic) bond motifs is 1. The van der Waals surface area contributed by atoms with E-state index in [1.54, 1.807) is 4.90 Å². The Labute approximate surface area is 180 Å². The number of phenolic OH excluding ortho intramolecular Hbond substituents is 2. The Kier molecular flexibility index (Phi) is 6.44. The van der Waals surface area contributed by atoms with E-state index in [0.29, 0.717) is 40.7 Å². The molecule has 0 radical (unpaired) electrons. The SMILES string of the molecule is C=C(C)[C@@H]1CCC(C)=C[C@H]1c1c(O)c(Br)c2c(c1O)[C@H](CCO)CCN2C(C)=O. The normalized spacial score (nSPS) is 24.1. The summed E-state index contributed by atoms with van der Waals surface area (Å²) in [6.07, 6.45) is 5.14. The number of phenols is 2. The zero-order valence-corrected chi connectivity index (χ0v) is 18.9. The van der Waals surface area contributed by atoms with Crippen LogP contribution < -0.4 is 4.90 Å². The number of amides is 1. The molecular formula is C23H30BrNO4. The summed E-state index contributed by atoms with van der Waals surface area (Å²) in [4.78, 5) is 13.8.